The van der Waals surface area contributed by atoms with Gasteiger partial charge in [0.2, 0.25) is 5.91 Å². The number of carbonyl (C=O) groups excluding carboxylic acids is 2. The summed E-state index contributed by atoms with van der Waals surface area (Å²) in [6.07, 6.45) is 0.811. The molecule has 2 aromatic rings. The van der Waals surface area contributed by atoms with Gasteiger partial charge in [-0.2, -0.15) is 0 Å². The molecule has 0 atom stereocenters. The summed E-state index contributed by atoms with van der Waals surface area (Å²) in [7, 11) is 0. The first-order valence-corrected chi connectivity index (χ1v) is 7.19. The molecule has 1 aromatic carbocycles. The lowest BCUT2D eigenvalue weighted by molar-refractivity contribution is -0.119. The first-order chi connectivity index (χ1) is 9.54. The average Bonchev–Trinajstić information content (AvgIpc) is 2.75. The van der Waals surface area contributed by atoms with Crippen LogP contribution in [0.1, 0.15) is 12.8 Å². The Morgan fingerprint density at radius 2 is 2.25 bits per heavy atom. The van der Waals surface area contributed by atoms with Gasteiger partial charge in [0.15, 0.2) is 5.58 Å². The fourth-order valence-corrected chi connectivity index (χ4v) is 2.47. The third-order valence-electron chi connectivity index (χ3n) is 2.37. The van der Waals surface area contributed by atoms with Crippen LogP contribution in [0.5, 0.6) is 0 Å². The molecule has 0 unspecified atom stereocenters. The number of fused-ring (bicyclic) bond motifs is 1. The van der Waals surface area contributed by atoms with Gasteiger partial charge in [-0.25, -0.2) is 9.78 Å². The molecular weight excluding hydrogens is 302 g/mol. The number of halogens is 1. The van der Waals surface area contributed by atoms with Crippen molar-refractivity contribution in [1.29, 1.82) is 0 Å². The molecule has 0 aliphatic carbocycles. The van der Waals surface area contributed by atoms with Gasteiger partial charge < -0.3 is 10.2 Å². The maximum Gasteiger partial charge on any atom is 0.318 e. The van der Waals surface area contributed by atoms with Crippen molar-refractivity contribution in [3.05, 3.63) is 23.2 Å². The van der Waals surface area contributed by atoms with Crippen molar-refractivity contribution in [2.24, 2.45) is 5.73 Å². The zero-order valence-electron chi connectivity index (χ0n) is 10.4. The number of carbonyl (C=O) groups is 2. The van der Waals surface area contributed by atoms with Crippen LogP contribution < -0.4 is 11.1 Å². The minimum Gasteiger partial charge on any atom is -0.431 e. The van der Waals surface area contributed by atoms with E-state index in [1.807, 2.05) is 5.32 Å². The summed E-state index contributed by atoms with van der Waals surface area (Å²) in [5.41, 5.74) is 6.20. The summed E-state index contributed by atoms with van der Waals surface area (Å²) >= 11 is 7.25. The number of hydrogen-bond acceptors (Lipinski definition) is 5. The molecule has 3 amide bonds. The number of imide groups is 1. The van der Waals surface area contributed by atoms with E-state index in [1.165, 1.54) is 11.8 Å². The number of benzene rings is 1. The second-order valence-corrected chi connectivity index (χ2v) is 5.44. The average molecular weight is 314 g/mol. The van der Waals surface area contributed by atoms with Crippen LogP contribution in [-0.2, 0) is 4.79 Å². The molecule has 0 saturated heterocycles. The van der Waals surface area contributed by atoms with Crippen molar-refractivity contribution >= 4 is 46.4 Å². The predicted molar refractivity (Wildman–Crippen MR) is 76.7 cm³/mol. The Kier molecular flexibility index (Phi) is 4.86. The van der Waals surface area contributed by atoms with Gasteiger partial charge in [-0.15, -0.1) is 0 Å². The lowest BCUT2D eigenvalue weighted by Gasteiger charge is -1.99. The van der Waals surface area contributed by atoms with Crippen LogP contribution in [0.15, 0.2) is 27.8 Å². The second kappa shape index (κ2) is 6.62. The monoisotopic (exact) mass is 313 g/mol. The summed E-state index contributed by atoms with van der Waals surface area (Å²) in [5, 5.41) is 3.12. The molecule has 6 nitrogen and oxygen atoms in total. The zero-order chi connectivity index (χ0) is 14.5. The van der Waals surface area contributed by atoms with Gasteiger partial charge >= 0.3 is 6.03 Å². The highest BCUT2D eigenvalue weighted by Crippen LogP contribution is 2.26. The highest BCUT2D eigenvalue weighted by molar-refractivity contribution is 7.99. The highest BCUT2D eigenvalue weighted by atomic mass is 35.5. The van der Waals surface area contributed by atoms with Crippen molar-refractivity contribution in [3.8, 4) is 0 Å². The topological polar surface area (TPSA) is 98.2 Å². The van der Waals surface area contributed by atoms with Crippen molar-refractivity contribution in [3.63, 3.8) is 0 Å². The second-order valence-electron chi connectivity index (χ2n) is 3.96. The van der Waals surface area contributed by atoms with Gasteiger partial charge in [-0.1, -0.05) is 23.4 Å². The molecule has 8 heteroatoms. The molecule has 0 aliphatic rings. The van der Waals surface area contributed by atoms with E-state index in [0.717, 1.165) is 5.52 Å². The highest BCUT2D eigenvalue weighted by Gasteiger charge is 2.08. The van der Waals surface area contributed by atoms with E-state index in [1.54, 1.807) is 18.2 Å². The molecule has 3 N–H and O–H groups in total. The molecular formula is C12H12ClN3O3S. The van der Waals surface area contributed by atoms with E-state index < -0.39 is 6.03 Å². The van der Waals surface area contributed by atoms with E-state index in [2.05, 4.69) is 4.98 Å². The smallest absolute Gasteiger partial charge is 0.318 e. The summed E-state index contributed by atoms with van der Waals surface area (Å²) in [5.74, 6) is 0.259. The van der Waals surface area contributed by atoms with Crippen LogP contribution in [0, 0.1) is 0 Å². The SMILES string of the molecule is NC(=O)NC(=O)CCCSc1nc2ccc(Cl)cc2o1. The van der Waals surface area contributed by atoms with E-state index in [0.29, 0.717) is 28.0 Å². The number of rotatable bonds is 5. The predicted octanol–water partition coefficient (Wildman–Crippen LogP) is 2.55. The number of aromatic nitrogens is 1. The Bertz CT molecular complexity index is 644. The Hall–Kier alpha value is -1.73. The number of thioether (sulfide) groups is 1. The van der Waals surface area contributed by atoms with Crippen LogP contribution in [0.25, 0.3) is 11.1 Å². The van der Waals surface area contributed by atoms with Gasteiger partial charge in [0.25, 0.3) is 5.22 Å². The van der Waals surface area contributed by atoms with Crippen molar-refractivity contribution in [1.82, 2.24) is 10.3 Å². The largest absolute Gasteiger partial charge is 0.431 e. The third kappa shape index (κ3) is 4.14. The molecule has 0 radical (unpaired) electrons. The van der Waals surface area contributed by atoms with Crippen molar-refractivity contribution in [2.45, 2.75) is 18.1 Å². The third-order valence-corrected chi connectivity index (χ3v) is 3.52. The molecule has 20 heavy (non-hydrogen) atoms. The van der Waals surface area contributed by atoms with Gasteiger partial charge in [0, 0.05) is 23.3 Å². The number of primary amides is 1. The molecule has 106 valence electrons. The number of nitrogens with one attached hydrogen (secondary N) is 1. The van der Waals surface area contributed by atoms with Gasteiger partial charge in [0.05, 0.1) is 0 Å². The van der Waals surface area contributed by atoms with E-state index in [4.69, 9.17) is 21.8 Å². The van der Waals surface area contributed by atoms with Crippen LogP contribution >= 0.6 is 23.4 Å². The number of hydrogen-bond donors (Lipinski definition) is 2. The fraction of sp³-hybridized carbons (Fsp3) is 0.250. The van der Waals surface area contributed by atoms with E-state index >= 15 is 0 Å². The van der Waals surface area contributed by atoms with Crippen molar-refractivity contribution < 1.29 is 14.0 Å². The van der Waals surface area contributed by atoms with Gasteiger partial charge in [-0.05, 0) is 18.6 Å². The summed E-state index contributed by atoms with van der Waals surface area (Å²) in [6, 6.07) is 4.40. The van der Waals surface area contributed by atoms with Crippen molar-refractivity contribution in [2.75, 3.05) is 5.75 Å². The normalized spacial score (nSPS) is 10.7. The molecule has 0 saturated carbocycles. The summed E-state index contributed by atoms with van der Waals surface area (Å²) in [6.45, 7) is 0. The van der Waals surface area contributed by atoms with Crippen LogP contribution in [0.4, 0.5) is 4.79 Å². The molecule has 0 aliphatic heterocycles. The summed E-state index contributed by atoms with van der Waals surface area (Å²) < 4.78 is 5.51. The van der Waals surface area contributed by atoms with Gasteiger partial charge in [-0.3, -0.25) is 10.1 Å². The number of amides is 3. The molecule has 0 fully saturated rings. The van der Waals surface area contributed by atoms with E-state index in [9.17, 15) is 9.59 Å². The van der Waals surface area contributed by atoms with Gasteiger partial charge in [0.1, 0.15) is 5.52 Å². The number of oxazole rings is 1. The standard InChI is InChI=1S/C12H12ClN3O3S/c13-7-3-4-8-9(6-7)19-12(15-8)20-5-1-2-10(17)16-11(14)18/h3-4,6H,1-2,5H2,(H3,14,16,17,18). The zero-order valence-corrected chi connectivity index (χ0v) is 12.0. The molecule has 0 bridgehead atoms. The first kappa shape index (κ1) is 14.7. The molecule has 1 aromatic heterocycles. The first-order valence-electron chi connectivity index (χ1n) is 5.83. The summed E-state index contributed by atoms with van der Waals surface area (Å²) in [4.78, 5) is 25.9. The number of nitrogens with zero attached hydrogens (tertiary/aromatic N) is 1. The quantitative estimate of drug-likeness (QED) is 0.653. The lowest BCUT2D eigenvalue weighted by atomic mass is 10.3. The minimum atomic E-state index is -0.835. The number of nitrogens with two attached hydrogens (primary N) is 1. The Morgan fingerprint density at radius 1 is 1.45 bits per heavy atom. The Balaban J connectivity index is 1.81. The van der Waals surface area contributed by atoms with Crippen LogP contribution in [0.3, 0.4) is 0 Å². The molecule has 0 spiro atoms. The van der Waals surface area contributed by atoms with E-state index in [-0.39, 0.29) is 12.3 Å². The number of urea groups is 1. The van der Waals surface area contributed by atoms with Crippen LogP contribution in [-0.4, -0.2) is 22.7 Å². The molecule has 1 heterocycles. The van der Waals surface area contributed by atoms with Crippen LogP contribution in [0.2, 0.25) is 5.02 Å². The Labute approximate surface area is 124 Å². The fourth-order valence-electron chi connectivity index (χ4n) is 1.53. The maximum atomic E-state index is 11.2. The lowest BCUT2D eigenvalue weighted by Crippen LogP contribution is -2.34. The maximum absolute atomic E-state index is 11.2. The minimum absolute atomic E-state index is 0.224. The Morgan fingerprint density at radius 3 is 3.00 bits per heavy atom. The molecule has 2 rings (SSSR count).